The molecule has 0 heterocycles. The van der Waals surface area contributed by atoms with E-state index in [4.69, 9.17) is 14.2 Å². The van der Waals surface area contributed by atoms with Gasteiger partial charge < -0.3 is 19.0 Å². The molecule has 1 unspecified atom stereocenters. The lowest BCUT2D eigenvalue weighted by molar-refractivity contribution is -0.142. The van der Waals surface area contributed by atoms with E-state index in [0.717, 1.165) is 51.2 Å². The van der Waals surface area contributed by atoms with Crippen LogP contribution in [0.4, 0.5) is 0 Å². The van der Waals surface area contributed by atoms with Crippen molar-refractivity contribution >= 4 is 12.3 Å². The predicted molar refractivity (Wildman–Crippen MR) is 137 cm³/mol. The largest absolute Gasteiger partial charge is 0.461 e. The zero-order chi connectivity index (χ0) is 24.2. The molecule has 0 aromatic rings. The third-order valence-electron chi connectivity index (χ3n) is 5.66. The Morgan fingerprint density at radius 1 is 0.727 bits per heavy atom. The number of esters is 1. The Labute approximate surface area is 204 Å². The van der Waals surface area contributed by atoms with E-state index in [2.05, 4.69) is 19.9 Å². The third kappa shape index (κ3) is 25.3. The number of rotatable bonds is 26. The number of carbonyl (C=O) groups excluding carboxylic acids is 2. The molecule has 0 rings (SSSR count). The number of hydrogen-bond acceptors (Lipinski definition) is 5. The van der Waals surface area contributed by atoms with Crippen LogP contribution in [0.25, 0.3) is 0 Å². The monoisotopic (exact) mass is 468 g/mol. The molecule has 5 heteroatoms. The highest BCUT2D eigenvalue weighted by Gasteiger charge is 2.07. The van der Waals surface area contributed by atoms with Crippen LogP contribution in [0.1, 0.15) is 123 Å². The normalized spacial score (nSPS) is 12.3. The summed E-state index contributed by atoms with van der Waals surface area (Å²) in [6, 6.07) is 0. The minimum Gasteiger partial charge on any atom is -0.461 e. The molecule has 0 bridgehead atoms. The van der Waals surface area contributed by atoms with Crippen molar-refractivity contribution in [3.05, 3.63) is 12.2 Å². The van der Waals surface area contributed by atoms with Gasteiger partial charge in [-0.15, -0.1) is 0 Å². The van der Waals surface area contributed by atoms with Gasteiger partial charge >= 0.3 is 5.97 Å². The first-order valence-electron chi connectivity index (χ1n) is 13.7. The average molecular weight is 469 g/mol. The Bertz CT molecular complexity index is 450. The van der Waals surface area contributed by atoms with Gasteiger partial charge in [0.05, 0.1) is 6.61 Å². The molecular formula is C28H52O5. The number of carbonyl (C=O) groups is 2. The lowest BCUT2D eigenvalue weighted by Crippen LogP contribution is -2.22. The number of hydrogen-bond donors (Lipinski definition) is 0. The summed E-state index contributed by atoms with van der Waals surface area (Å²) in [4.78, 5) is 22.8. The summed E-state index contributed by atoms with van der Waals surface area (Å²) in [7, 11) is 0. The van der Waals surface area contributed by atoms with Crippen LogP contribution < -0.4 is 0 Å². The smallest absolute Gasteiger partial charge is 0.306 e. The van der Waals surface area contributed by atoms with Crippen LogP contribution in [0, 0.1) is 0 Å². The molecule has 0 aromatic carbocycles. The van der Waals surface area contributed by atoms with E-state index in [9.17, 15) is 9.59 Å². The summed E-state index contributed by atoms with van der Waals surface area (Å²) in [5.74, 6) is -0.102. The molecular weight excluding hydrogens is 416 g/mol. The zero-order valence-electron chi connectivity index (χ0n) is 21.7. The van der Waals surface area contributed by atoms with Crippen LogP contribution in [-0.4, -0.2) is 44.8 Å². The summed E-state index contributed by atoms with van der Waals surface area (Å²) < 4.78 is 16.4. The van der Waals surface area contributed by atoms with Crippen molar-refractivity contribution in [2.45, 2.75) is 129 Å². The molecule has 0 saturated carbocycles. The lowest BCUT2D eigenvalue weighted by atomic mass is 10.1. The van der Waals surface area contributed by atoms with Crippen LogP contribution in [0.5, 0.6) is 0 Å². The Morgan fingerprint density at radius 3 is 2.03 bits per heavy atom. The van der Waals surface area contributed by atoms with Gasteiger partial charge in [0.1, 0.15) is 12.7 Å². The van der Waals surface area contributed by atoms with E-state index >= 15 is 0 Å². The van der Waals surface area contributed by atoms with Gasteiger partial charge in [0.15, 0.2) is 6.29 Å². The minimum absolute atomic E-state index is 0.102. The molecule has 0 saturated heterocycles. The van der Waals surface area contributed by atoms with Gasteiger partial charge in [-0.1, -0.05) is 96.6 Å². The van der Waals surface area contributed by atoms with Crippen LogP contribution in [0.15, 0.2) is 12.2 Å². The first kappa shape index (κ1) is 31.8. The van der Waals surface area contributed by atoms with Gasteiger partial charge in [0, 0.05) is 19.6 Å². The molecule has 0 aliphatic carbocycles. The number of allylic oxidation sites excluding steroid dienone is 1. The highest BCUT2D eigenvalue weighted by Crippen LogP contribution is 2.08. The van der Waals surface area contributed by atoms with Crippen LogP contribution in [0.2, 0.25) is 0 Å². The molecule has 5 nitrogen and oxygen atoms in total. The van der Waals surface area contributed by atoms with Gasteiger partial charge in [0.2, 0.25) is 0 Å². The predicted octanol–water partition coefficient (Wildman–Crippen LogP) is 7.36. The quantitative estimate of drug-likeness (QED) is 0.0574. The van der Waals surface area contributed by atoms with Crippen molar-refractivity contribution in [1.82, 2.24) is 0 Å². The summed E-state index contributed by atoms with van der Waals surface area (Å²) >= 11 is 0. The van der Waals surface area contributed by atoms with Crippen LogP contribution in [0.3, 0.4) is 0 Å². The van der Waals surface area contributed by atoms with Gasteiger partial charge in [-0.25, -0.2) is 0 Å². The van der Waals surface area contributed by atoms with Crippen LogP contribution >= 0.6 is 0 Å². The SMILES string of the molecule is CCCCCC/C=C\COC(=O)CCCCCCCOCC(C=O)OCCCCCCCC. The van der Waals surface area contributed by atoms with Gasteiger partial charge in [-0.2, -0.15) is 0 Å². The maximum absolute atomic E-state index is 11.7. The molecule has 0 spiro atoms. The summed E-state index contributed by atoms with van der Waals surface area (Å²) in [6.45, 7) is 6.46. The zero-order valence-corrected chi connectivity index (χ0v) is 21.7. The molecule has 0 aromatic heterocycles. The molecule has 0 aliphatic heterocycles. The molecule has 0 aliphatic rings. The molecule has 0 fully saturated rings. The highest BCUT2D eigenvalue weighted by atomic mass is 16.5. The van der Waals surface area contributed by atoms with E-state index < -0.39 is 6.10 Å². The lowest BCUT2D eigenvalue weighted by Gasteiger charge is -2.12. The fourth-order valence-corrected chi connectivity index (χ4v) is 3.54. The van der Waals surface area contributed by atoms with E-state index in [1.165, 1.54) is 57.8 Å². The molecule has 194 valence electrons. The molecule has 1 atom stereocenters. The Hall–Kier alpha value is -1.20. The second-order valence-corrected chi connectivity index (χ2v) is 8.91. The summed E-state index contributed by atoms with van der Waals surface area (Å²) in [5, 5.41) is 0. The Balaban J connectivity index is 3.40. The number of aldehydes is 1. The maximum Gasteiger partial charge on any atom is 0.306 e. The standard InChI is InChI=1S/C28H52O5/c1-3-5-7-9-11-16-20-24-33-28(30)21-17-13-12-14-18-22-31-26-27(25-29)32-23-19-15-10-8-6-4-2/h16,20,25,27H,3-15,17-19,21-24,26H2,1-2H3/b20-16-. The van der Waals surface area contributed by atoms with Crippen LogP contribution in [-0.2, 0) is 23.8 Å². The van der Waals surface area contributed by atoms with E-state index in [-0.39, 0.29) is 5.97 Å². The van der Waals surface area contributed by atoms with Crippen molar-refractivity contribution in [2.75, 3.05) is 26.4 Å². The van der Waals surface area contributed by atoms with Crippen molar-refractivity contribution in [3.63, 3.8) is 0 Å². The Morgan fingerprint density at radius 2 is 1.33 bits per heavy atom. The van der Waals surface area contributed by atoms with Crippen molar-refractivity contribution in [3.8, 4) is 0 Å². The minimum atomic E-state index is -0.442. The van der Waals surface area contributed by atoms with E-state index in [1.54, 1.807) is 0 Å². The first-order chi connectivity index (χ1) is 16.2. The van der Waals surface area contributed by atoms with E-state index in [0.29, 0.717) is 32.8 Å². The fraction of sp³-hybridized carbons (Fsp3) is 0.857. The molecule has 0 N–H and O–H groups in total. The first-order valence-corrected chi connectivity index (χ1v) is 13.7. The van der Waals surface area contributed by atoms with Gasteiger partial charge in [-0.3, -0.25) is 4.79 Å². The third-order valence-corrected chi connectivity index (χ3v) is 5.66. The topological polar surface area (TPSA) is 61.8 Å². The fourth-order valence-electron chi connectivity index (χ4n) is 3.54. The molecule has 0 radical (unpaired) electrons. The summed E-state index contributed by atoms with van der Waals surface area (Å²) in [5.41, 5.74) is 0. The van der Waals surface area contributed by atoms with Gasteiger partial charge in [0.25, 0.3) is 0 Å². The van der Waals surface area contributed by atoms with Crippen molar-refractivity contribution in [2.24, 2.45) is 0 Å². The average Bonchev–Trinajstić information content (AvgIpc) is 2.82. The number of unbranched alkanes of at least 4 members (excludes halogenated alkanes) is 13. The second-order valence-electron chi connectivity index (χ2n) is 8.91. The second kappa shape index (κ2) is 27.0. The summed E-state index contributed by atoms with van der Waals surface area (Å²) in [6.07, 6.45) is 23.4. The maximum atomic E-state index is 11.7. The van der Waals surface area contributed by atoms with Crippen molar-refractivity contribution in [1.29, 1.82) is 0 Å². The van der Waals surface area contributed by atoms with Gasteiger partial charge in [-0.05, 0) is 32.1 Å². The molecule has 33 heavy (non-hydrogen) atoms. The number of ether oxygens (including phenoxy) is 3. The van der Waals surface area contributed by atoms with Crippen molar-refractivity contribution < 1.29 is 23.8 Å². The van der Waals surface area contributed by atoms with E-state index in [1.807, 2.05) is 6.08 Å². The highest BCUT2D eigenvalue weighted by molar-refractivity contribution is 5.69. The Kier molecular flexibility index (Phi) is 26.1. The molecule has 0 amide bonds.